The Balaban J connectivity index is 1.67. The van der Waals surface area contributed by atoms with E-state index in [2.05, 4.69) is 9.71 Å². The van der Waals surface area contributed by atoms with Gasteiger partial charge in [-0.2, -0.15) is 0 Å². The molecule has 1 heterocycles. The highest BCUT2D eigenvalue weighted by Crippen LogP contribution is 2.60. The molecule has 5 nitrogen and oxygen atoms in total. The molecule has 3 N–H and O–H groups in total. The van der Waals surface area contributed by atoms with Gasteiger partial charge in [-0.3, -0.25) is 0 Å². The molecule has 0 unspecified atom stereocenters. The second-order valence-electron chi connectivity index (χ2n) is 5.67. The normalized spacial score (nSPS) is 21.3. The Kier molecular flexibility index (Phi) is 3.11. The van der Waals surface area contributed by atoms with Crippen molar-refractivity contribution in [1.29, 1.82) is 0 Å². The van der Waals surface area contributed by atoms with Gasteiger partial charge in [0.05, 0.1) is 0 Å². The summed E-state index contributed by atoms with van der Waals surface area (Å²) in [5, 5.41) is 0.0799. The Labute approximate surface area is 113 Å². The smallest absolute Gasteiger partial charge is 0.258 e. The van der Waals surface area contributed by atoms with Gasteiger partial charge in [0.25, 0.3) is 10.0 Å². The molecule has 19 heavy (non-hydrogen) atoms. The van der Waals surface area contributed by atoms with E-state index in [0.29, 0.717) is 13.1 Å². The van der Waals surface area contributed by atoms with Crippen LogP contribution in [-0.2, 0) is 16.6 Å². The number of nitrogens with zero attached hydrogens (tertiary/aromatic N) is 1. The van der Waals surface area contributed by atoms with Crippen LogP contribution in [0.1, 0.15) is 31.2 Å². The van der Waals surface area contributed by atoms with Crippen molar-refractivity contribution in [2.45, 2.75) is 37.3 Å². The Hall–Kier alpha value is -0.980. The maximum Gasteiger partial charge on any atom is 0.258 e. The fourth-order valence-electron chi connectivity index (χ4n) is 2.59. The molecule has 2 aliphatic rings. The van der Waals surface area contributed by atoms with Crippen LogP contribution < -0.4 is 10.5 Å². The number of nitrogens with one attached hydrogen (secondary N) is 1. The molecule has 2 saturated carbocycles. The number of rotatable bonds is 6. The first-order valence-electron chi connectivity index (χ1n) is 6.70. The third kappa shape index (κ3) is 2.66. The molecule has 0 amide bonds. The number of hydrogen-bond donors (Lipinski definition) is 2. The molecule has 0 radical (unpaired) electrons. The minimum absolute atomic E-state index is 0.0799. The van der Waals surface area contributed by atoms with E-state index in [1.54, 1.807) is 6.07 Å². The number of hydrogen-bond acceptors (Lipinski definition) is 4. The summed E-state index contributed by atoms with van der Waals surface area (Å²) < 4.78 is 27.0. The van der Waals surface area contributed by atoms with Crippen molar-refractivity contribution in [2.24, 2.45) is 17.1 Å². The summed E-state index contributed by atoms with van der Waals surface area (Å²) in [6, 6.07) is 3.22. The third-order valence-corrected chi connectivity index (χ3v) is 5.58. The van der Waals surface area contributed by atoms with Crippen molar-refractivity contribution >= 4 is 10.0 Å². The third-order valence-electron chi connectivity index (χ3n) is 4.26. The highest BCUT2D eigenvalue weighted by Gasteiger charge is 2.53. The van der Waals surface area contributed by atoms with Crippen LogP contribution >= 0.6 is 0 Å². The largest absolute Gasteiger partial charge is 0.326 e. The minimum Gasteiger partial charge on any atom is -0.326 e. The molecule has 1 aromatic rings. The van der Waals surface area contributed by atoms with E-state index >= 15 is 0 Å². The predicted octanol–water partition coefficient (Wildman–Crippen LogP) is 1.01. The SMILES string of the molecule is NCc1ccc(S(=O)(=O)NCC2(C3CC3)CC2)nc1. The van der Waals surface area contributed by atoms with Crippen molar-refractivity contribution in [3.63, 3.8) is 0 Å². The van der Waals surface area contributed by atoms with Gasteiger partial charge in [-0.1, -0.05) is 6.07 Å². The van der Waals surface area contributed by atoms with Crippen molar-refractivity contribution in [1.82, 2.24) is 9.71 Å². The standard InChI is InChI=1S/C13H19N3O2S/c14-7-10-1-4-12(15-8-10)19(17,18)16-9-13(5-6-13)11-2-3-11/h1,4,8,11,16H,2-3,5-7,9,14H2. The number of nitrogens with two attached hydrogens (primary N) is 1. The first kappa shape index (κ1) is 13.0. The summed E-state index contributed by atoms with van der Waals surface area (Å²) in [5.41, 5.74) is 6.55. The number of aromatic nitrogens is 1. The molecule has 2 aliphatic carbocycles. The van der Waals surface area contributed by atoms with Gasteiger partial charge in [-0.05, 0) is 48.6 Å². The molecule has 0 saturated heterocycles. The maximum atomic E-state index is 12.1. The van der Waals surface area contributed by atoms with Crippen molar-refractivity contribution < 1.29 is 8.42 Å². The molecule has 0 spiro atoms. The Bertz CT molecular complexity index is 560. The van der Waals surface area contributed by atoms with E-state index < -0.39 is 10.0 Å². The summed E-state index contributed by atoms with van der Waals surface area (Å²) in [7, 11) is -3.49. The lowest BCUT2D eigenvalue weighted by atomic mass is 10.0. The van der Waals surface area contributed by atoms with E-state index in [4.69, 9.17) is 5.73 Å². The zero-order valence-electron chi connectivity index (χ0n) is 10.8. The van der Waals surface area contributed by atoms with Crippen LogP contribution in [0.15, 0.2) is 23.4 Å². The lowest BCUT2D eigenvalue weighted by Gasteiger charge is -2.14. The number of pyridine rings is 1. The van der Waals surface area contributed by atoms with Gasteiger partial charge in [0.15, 0.2) is 5.03 Å². The highest BCUT2D eigenvalue weighted by molar-refractivity contribution is 7.89. The fourth-order valence-corrected chi connectivity index (χ4v) is 3.65. The van der Waals surface area contributed by atoms with E-state index in [-0.39, 0.29) is 10.4 Å². The lowest BCUT2D eigenvalue weighted by molar-refractivity contribution is 0.431. The van der Waals surface area contributed by atoms with Crippen molar-refractivity contribution in [2.75, 3.05) is 6.54 Å². The molecule has 0 aliphatic heterocycles. The summed E-state index contributed by atoms with van der Waals surface area (Å²) in [6.45, 7) is 0.922. The van der Waals surface area contributed by atoms with Crippen LogP contribution in [0.5, 0.6) is 0 Å². The predicted molar refractivity (Wildman–Crippen MR) is 71.7 cm³/mol. The van der Waals surface area contributed by atoms with Crippen LogP contribution in [0.2, 0.25) is 0 Å². The molecule has 0 aromatic carbocycles. The minimum atomic E-state index is -3.49. The summed E-state index contributed by atoms with van der Waals surface area (Å²) >= 11 is 0. The quantitative estimate of drug-likeness (QED) is 0.815. The Morgan fingerprint density at radius 1 is 1.37 bits per heavy atom. The van der Waals surface area contributed by atoms with E-state index in [1.165, 1.54) is 25.1 Å². The van der Waals surface area contributed by atoms with Crippen molar-refractivity contribution in [3.8, 4) is 0 Å². The summed E-state index contributed by atoms with van der Waals surface area (Å²) in [5.74, 6) is 0.739. The lowest BCUT2D eigenvalue weighted by Crippen LogP contribution is -2.31. The Morgan fingerprint density at radius 2 is 2.11 bits per heavy atom. The maximum absolute atomic E-state index is 12.1. The Morgan fingerprint density at radius 3 is 2.58 bits per heavy atom. The average Bonchev–Trinajstić information content (AvgIpc) is 3.29. The van der Waals surface area contributed by atoms with E-state index in [0.717, 1.165) is 24.3 Å². The zero-order valence-corrected chi connectivity index (χ0v) is 11.6. The molecular formula is C13H19N3O2S. The summed E-state index contributed by atoms with van der Waals surface area (Å²) in [6.07, 6.45) is 6.33. The molecular weight excluding hydrogens is 262 g/mol. The molecule has 104 valence electrons. The van der Waals surface area contributed by atoms with Gasteiger partial charge in [-0.25, -0.2) is 18.1 Å². The first-order valence-corrected chi connectivity index (χ1v) is 8.19. The molecule has 0 bridgehead atoms. The van der Waals surface area contributed by atoms with Gasteiger partial charge in [-0.15, -0.1) is 0 Å². The van der Waals surface area contributed by atoms with Crippen LogP contribution in [0, 0.1) is 11.3 Å². The highest BCUT2D eigenvalue weighted by atomic mass is 32.2. The van der Waals surface area contributed by atoms with Gasteiger partial charge >= 0.3 is 0 Å². The van der Waals surface area contributed by atoms with Crippen LogP contribution in [-0.4, -0.2) is 19.9 Å². The van der Waals surface area contributed by atoms with Gasteiger partial charge in [0, 0.05) is 19.3 Å². The zero-order chi connectivity index (χ0) is 13.5. The van der Waals surface area contributed by atoms with Crippen LogP contribution in [0.25, 0.3) is 0 Å². The molecule has 1 aromatic heterocycles. The number of sulfonamides is 1. The molecule has 0 atom stereocenters. The topological polar surface area (TPSA) is 85.1 Å². The average molecular weight is 281 g/mol. The van der Waals surface area contributed by atoms with Crippen LogP contribution in [0.3, 0.4) is 0 Å². The van der Waals surface area contributed by atoms with Gasteiger partial charge in [0.2, 0.25) is 0 Å². The molecule has 6 heteroatoms. The first-order chi connectivity index (χ1) is 9.06. The molecule has 2 fully saturated rings. The second kappa shape index (κ2) is 4.54. The fraction of sp³-hybridized carbons (Fsp3) is 0.615. The molecule has 3 rings (SSSR count). The van der Waals surface area contributed by atoms with Gasteiger partial charge in [0.1, 0.15) is 0 Å². The van der Waals surface area contributed by atoms with Crippen molar-refractivity contribution in [3.05, 3.63) is 23.9 Å². The van der Waals surface area contributed by atoms with E-state index in [1.807, 2.05) is 0 Å². The van der Waals surface area contributed by atoms with Gasteiger partial charge < -0.3 is 5.73 Å². The monoisotopic (exact) mass is 281 g/mol. The van der Waals surface area contributed by atoms with Crippen LogP contribution in [0.4, 0.5) is 0 Å². The summed E-state index contributed by atoms with van der Waals surface area (Å²) in [4.78, 5) is 3.97. The van der Waals surface area contributed by atoms with E-state index in [9.17, 15) is 8.42 Å². The second-order valence-corrected chi connectivity index (χ2v) is 7.38.